The third kappa shape index (κ3) is 3.26. The van der Waals surface area contributed by atoms with Crippen LogP contribution in [0.3, 0.4) is 0 Å². The summed E-state index contributed by atoms with van der Waals surface area (Å²) in [6, 6.07) is 1.28. The van der Waals surface area contributed by atoms with Gasteiger partial charge >= 0.3 is 0 Å². The van der Waals surface area contributed by atoms with Gasteiger partial charge in [-0.25, -0.2) is 4.98 Å². The van der Waals surface area contributed by atoms with Gasteiger partial charge in [-0.3, -0.25) is 10.1 Å². The highest BCUT2D eigenvalue weighted by Gasteiger charge is 2.22. The zero-order valence-corrected chi connectivity index (χ0v) is 14.2. The number of phenolic OH excluding ortho intramolecular Hbond substituents is 1. The summed E-state index contributed by atoms with van der Waals surface area (Å²) in [6.45, 7) is 3.90. The van der Waals surface area contributed by atoms with Crippen LogP contribution in [-0.2, 0) is 6.42 Å². The molecule has 1 amide bonds. The number of aryl methyl sites for hydroxylation is 2. The van der Waals surface area contributed by atoms with Crippen LogP contribution in [0.5, 0.6) is 5.75 Å². The van der Waals surface area contributed by atoms with Crippen molar-refractivity contribution in [2.45, 2.75) is 20.3 Å². The Kier molecular flexibility index (Phi) is 4.99. The van der Waals surface area contributed by atoms with Gasteiger partial charge in [-0.1, -0.05) is 41.7 Å². The maximum absolute atomic E-state index is 12.3. The van der Waals surface area contributed by atoms with Gasteiger partial charge < -0.3 is 5.11 Å². The Morgan fingerprint density at radius 1 is 1.38 bits per heavy atom. The third-order valence-corrected chi connectivity index (χ3v) is 4.82. The number of aromatic hydroxyl groups is 1. The third-order valence-electron chi connectivity index (χ3n) is 2.82. The molecule has 0 aliphatic rings. The Bertz CT molecular complexity index is 690. The van der Waals surface area contributed by atoms with Crippen LogP contribution in [0.2, 0.25) is 15.1 Å². The number of nitrogens with zero attached hydrogens (tertiary/aromatic N) is 1. The molecule has 0 unspecified atom stereocenters. The molecule has 0 aliphatic carbocycles. The molecule has 1 heterocycles. The van der Waals surface area contributed by atoms with E-state index in [-0.39, 0.29) is 20.6 Å². The summed E-state index contributed by atoms with van der Waals surface area (Å²) in [5, 5.41) is 12.9. The standard InChI is InChI=1S/C13H11Cl3N2O2S/c1-3-8-5(2)21-13(17-8)18-12(20)9-10(16)6(14)4-7(15)11(9)19/h4,19H,3H2,1-2H3,(H,17,18,20). The van der Waals surface area contributed by atoms with Crippen molar-refractivity contribution in [3.05, 3.63) is 37.3 Å². The van der Waals surface area contributed by atoms with Crippen LogP contribution < -0.4 is 5.32 Å². The predicted octanol–water partition coefficient (Wildman–Crippen LogP) is 4.93. The minimum Gasteiger partial charge on any atom is -0.505 e. The first-order valence-electron chi connectivity index (χ1n) is 5.99. The number of benzene rings is 1. The van der Waals surface area contributed by atoms with Crippen molar-refractivity contribution in [1.82, 2.24) is 4.98 Å². The first kappa shape index (κ1) is 16.4. The number of hydrogen-bond donors (Lipinski definition) is 2. The molecule has 1 aromatic heterocycles. The summed E-state index contributed by atoms with van der Waals surface area (Å²) >= 11 is 19.0. The number of amides is 1. The molecule has 2 aromatic rings. The van der Waals surface area contributed by atoms with Gasteiger partial charge in [0.1, 0.15) is 11.3 Å². The fraction of sp³-hybridized carbons (Fsp3) is 0.231. The number of anilines is 1. The fourth-order valence-corrected chi connectivity index (χ4v) is 3.35. The minimum absolute atomic E-state index is 0.0425. The number of phenols is 1. The van der Waals surface area contributed by atoms with Crippen LogP contribution in [0.4, 0.5) is 5.13 Å². The van der Waals surface area contributed by atoms with Gasteiger partial charge in [0.2, 0.25) is 0 Å². The van der Waals surface area contributed by atoms with Gasteiger partial charge in [-0.05, 0) is 19.4 Å². The van der Waals surface area contributed by atoms with Crippen molar-refractivity contribution in [2.75, 3.05) is 5.32 Å². The van der Waals surface area contributed by atoms with E-state index < -0.39 is 11.7 Å². The summed E-state index contributed by atoms with van der Waals surface area (Å²) in [4.78, 5) is 17.6. The van der Waals surface area contributed by atoms with E-state index in [0.29, 0.717) is 5.13 Å². The van der Waals surface area contributed by atoms with Gasteiger partial charge in [0.05, 0.1) is 20.8 Å². The number of halogens is 3. The normalized spacial score (nSPS) is 10.7. The predicted molar refractivity (Wildman–Crippen MR) is 87.3 cm³/mol. The van der Waals surface area contributed by atoms with Crippen molar-refractivity contribution < 1.29 is 9.90 Å². The highest BCUT2D eigenvalue weighted by atomic mass is 35.5. The second kappa shape index (κ2) is 6.40. The molecular formula is C13H11Cl3N2O2S. The Morgan fingerprint density at radius 3 is 2.62 bits per heavy atom. The molecular weight excluding hydrogens is 355 g/mol. The maximum Gasteiger partial charge on any atom is 0.262 e. The molecule has 0 aliphatic heterocycles. The Labute approximate surface area is 140 Å². The van der Waals surface area contributed by atoms with Gasteiger partial charge in [0.25, 0.3) is 5.91 Å². The van der Waals surface area contributed by atoms with Crippen LogP contribution in [0.1, 0.15) is 27.9 Å². The van der Waals surface area contributed by atoms with Crippen LogP contribution in [0.25, 0.3) is 0 Å². The number of hydrogen-bond acceptors (Lipinski definition) is 4. The largest absolute Gasteiger partial charge is 0.505 e. The second-order valence-corrected chi connectivity index (χ2v) is 6.60. The minimum atomic E-state index is -0.613. The zero-order valence-electron chi connectivity index (χ0n) is 11.1. The lowest BCUT2D eigenvalue weighted by atomic mass is 10.2. The molecule has 0 radical (unpaired) electrons. The number of carbonyl (C=O) groups excluding carboxylic acids is 1. The second-order valence-electron chi connectivity index (χ2n) is 4.21. The maximum atomic E-state index is 12.3. The lowest BCUT2D eigenvalue weighted by molar-refractivity contribution is 0.102. The van der Waals surface area contributed by atoms with Crippen LogP contribution in [-0.4, -0.2) is 16.0 Å². The van der Waals surface area contributed by atoms with Crippen molar-refractivity contribution in [2.24, 2.45) is 0 Å². The van der Waals surface area contributed by atoms with Crippen LogP contribution >= 0.6 is 46.1 Å². The zero-order chi connectivity index (χ0) is 15.7. The molecule has 0 saturated heterocycles. The number of rotatable bonds is 3. The summed E-state index contributed by atoms with van der Waals surface area (Å²) < 4.78 is 0. The van der Waals surface area contributed by atoms with Crippen molar-refractivity contribution in [3.63, 3.8) is 0 Å². The SMILES string of the molecule is CCc1nc(NC(=O)c2c(O)c(Cl)cc(Cl)c2Cl)sc1C. The number of nitrogens with one attached hydrogen (secondary N) is 1. The molecule has 21 heavy (non-hydrogen) atoms. The lowest BCUT2D eigenvalue weighted by Crippen LogP contribution is -2.13. The highest BCUT2D eigenvalue weighted by molar-refractivity contribution is 7.15. The van der Waals surface area contributed by atoms with Crippen LogP contribution in [0, 0.1) is 6.92 Å². The van der Waals surface area contributed by atoms with Gasteiger partial charge in [-0.2, -0.15) is 0 Å². The lowest BCUT2D eigenvalue weighted by Gasteiger charge is -2.09. The van der Waals surface area contributed by atoms with E-state index in [0.717, 1.165) is 17.0 Å². The number of thiazole rings is 1. The quantitative estimate of drug-likeness (QED) is 0.758. The molecule has 1 aromatic carbocycles. The van der Waals surface area contributed by atoms with E-state index in [1.165, 1.54) is 17.4 Å². The smallest absolute Gasteiger partial charge is 0.262 e. The fourth-order valence-electron chi connectivity index (χ4n) is 1.76. The van der Waals surface area contributed by atoms with Crippen molar-refractivity contribution in [3.8, 4) is 5.75 Å². The molecule has 4 nitrogen and oxygen atoms in total. The highest BCUT2D eigenvalue weighted by Crippen LogP contribution is 2.38. The van der Waals surface area contributed by atoms with E-state index in [2.05, 4.69) is 10.3 Å². The summed E-state index contributed by atoms with van der Waals surface area (Å²) in [5.41, 5.74) is 0.745. The molecule has 0 saturated carbocycles. The number of carbonyl (C=O) groups is 1. The molecule has 2 rings (SSSR count). The van der Waals surface area contributed by atoms with E-state index in [4.69, 9.17) is 34.8 Å². The topological polar surface area (TPSA) is 62.2 Å². The average molecular weight is 366 g/mol. The summed E-state index contributed by atoms with van der Waals surface area (Å²) in [5.74, 6) is -1.02. The summed E-state index contributed by atoms with van der Waals surface area (Å²) in [7, 11) is 0. The monoisotopic (exact) mass is 364 g/mol. The van der Waals surface area contributed by atoms with Gasteiger partial charge in [-0.15, -0.1) is 11.3 Å². The van der Waals surface area contributed by atoms with Crippen LogP contribution in [0.15, 0.2) is 6.07 Å². The molecule has 0 spiro atoms. The summed E-state index contributed by atoms with van der Waals surface area (Å²) in [6.07, 6.45) is 0.771. The van der Waals surface area contributed by atoms with Gasteiger partial charge in [0, 0.05) is 4.88 Å². The van der Waals surface area contributed by atoms with E-state index in [9.17, 15) is 9.90 Å². The number of aromatic nitrogens is 1. The molecule has 8 heteroatoms. The Hall–Kier alpha value is -1.01. The first-order chi connectivity index (χ1) is 9.85. The molecule has 2 N–H and O–H groups in total. The van der Waals surface area contributed by atoms with E-state index in [1.807, 2.05) is 13.8 Å². The Balaban J connectivity index is 2.36. The van der Waals surface area contributed by atoms with E-state index in [1.54, 1.807) is 0 Å². The van der Waals surface area contributed by atoms with Crippen molar-refractivity contribution in [1.29, 1.82) is 0 Å². The molecule has 0 bridgehead atoms. The molecule has 0 atom stereocenters. The average Bonchev–Trinajstić information content (AvgIpc) is 2.76. The first-order valence-corrected chi connectivity index (χ1v) is 7.94. The Morgan fingerprint density at radius 2 is 2.05 bits per heavy atom. The molecule has 112 valence electrons. The van der Waals surface area contributed by atoms with Gasteiger partial charge in [0.15, 0.2) is 5.13 Å². The molecule has 0 fully saturated rings. The van der Waals surface area contributed by atoms with Crippen molar-refractivity contribution >= 4 is 57.2 Å². The van der Waals surface area contributed by atoms with E-state index >= 15 is 0 Å².